The van der Waals surface area contributed by atoms with Gasteiger partial charge in [-0.1, -0.05) is 24.3 Å². The molecule has 27 heavy (non-hydrogen) atoms. The lowest BCUT2D eigenvalue weighted by Crippen LogP contribution is -2.25. The maximum atomic E-state index is 12.4. The van der Waals surface area contributed by atoms with Gasteiger partial charge in [0, 0.05) is 30.5 Å². The van der Waals surface area contributed by atoms with Gasteiger partial charge in [0.1, 0.15) is 12.4 Å². The average Bonchev–Trinajstić information content (AvgIpc) is 3.09. The van der Waals surface area contributed by atoms with Crippen molar-refractivity contribution in [2.45, 2.75) is 26.5 Å². The smallest absolute Gasteiger partial charge is 0.251 e. The molecule has 0 fully saturated rings. The predicted molar refractivity (Wildman–Crippen MR) is 109 cm³/mol. The van der Waals surface area contributed by atoms with Crippen LogP contribution in [-0.4, -0.2) is 22.2 Å². The number of nitrogens with one attached hydrogen (secondary N) is 1. The van der Waals surface area contributed by atoms with E-state index in [1.54, 1.807) is 6.20 Å². The van der Waals surface area contributed by atoms with Crippen molar-refractivity contribution >= 4 is 21.8 Å². The van der Waals surface area contributed by atoms with E-state index >= 15 is 0 Å². The highest BCUT2D eigenvalue weighted by molar-refractivity contribution is 9.10. The van der Waals surface area contributed by atoms with Gasteiger partial charge in [-0.15, -0.1) is 0 Å². The average molecular weight is 428 g/mol. The maximum absolute atomic E-state index is 12.4. The van der Waals surface area contributed by atoms with E-state index in [2.05, 4.69) is 26.3 Å². The Bertz CT molecular complexity index is 908. The van der Waals surface area contributed by atoms with Gasteiger partial charge in [-0.25, -0.2) is 0 Å². The Morgan fingerprint density at radius 1 is 1.19 bits per heavy atom. The Labute approximate surface area is 167 Å². The number of nitrogens with zero attached hydrogens (tertiary/aromatic N) is 2. The van der Waals surface area contributed by atoms with Crippen molar-refractivity contribution in [3.05, 3.63) is 82.1 Å². The molecule has 1 amide bonds. The Morgan fingerprint density at radius 2 is 2.04 bits per heavy atom. The molecule has 0 aliphatic carbocycles. The fourth-order valence-electron chi connectivity index (χ4n) is 2.69. The van der Waals surface area contributed by atoms with Crippen LogP contribution < -0.4 is 10.1 Å². The third-order valence-electron chi connectivity index (χ3n) is 4.18. The maximum Gasteiger partial charge on any atom is 0.251 e. The van der Waals surface area contributed by atoms with Gasteiger partial charge in [0.15, 0.2) is 0 Å². The SMILES string of the molecule is Cc1ccnn1CCCNC(=O)c1cccc(COc2ccccc2Br)c1. The minimum atomic E-state index is -0.0741. The molecule has 1 aromatic heterocycles. The second-order valence-electron chi connectivity index (χ2n) is 6.22. The number of carbonyl (C=O) groups excluding carboxylic acids is 1. The van der Waals surface area contributed by atoms with Crippen molar-refractivity contribution in [1.82, 2.24) is 15.1 Å². The van der Waals surface area contributed by atoms with Crippen LogP contribution in [0.15, 0.2) is 65.3 Å². The van der Waals surface area contributed by atoms with Gasteiger partial charge in [-0.05, 0) is 65.2 Å². The molecule has 0 unspecified atom stereocenters. The third-order valence-corrected chi connectivity index (χ3v) is 4.84. The zero-order valence-electron chi connectivity index (χ0n) is 15.2. The number of carbonyl (C=O) groups is 1. The van der Waals surface area contributed by atoms with Gasteiger partial charge >= 0.3 is 0 Å². The lowest BCUT2D eigenvalue weighted by atomic mass is 10.1. The molecule has 1 heterocycles. The summed E-state index contributed by atoms with van der Waals surface area (Å²) in [5.41, 5.74) is 2.71. The van der Waals surface area contributed by atoms with Gasteiger partial charge in [-0.2, -0.15) is 5.10 Å². The van der Waals surface area contributed by atoms with Crippen LogP contribution in [0, 0.1) is 6.92 Å². The first-order chi connectivity index (χ1) is 13.1. The van der Waals surface area contributed by atoms with Crippen LogP contribution in [0.3, 0.4) is 0 Å². The summed E-state index contributed by atoms with van der Waals surface area (Å²) in [6.07, 6.45) is 2.62. The predicted octanol–water partition coefficient (Wildman–Crippen LogP) is 4.35. The number of aryl methyl sites for hydroxylation is 2. The first-order valence-electron chi connectivity index (χ1n) is 8.86. The number of benzene rings is 2. The molecule has 5 nitrogen and oxygen atoms in total. The summed E-state index contributed by atoms with van der Waals surface area (Å²) in [5, 5.41) is 7.20. The minimum Gasteiger partial charge on any atom is -0.488 e. The molecule has 2 aromatic carbocycles. The van der Waals surface area contributed by atoms with Crippen molar-refractivity contribution in [1.29, 1.82) is 0 Å². The zero-order chi connectivity index (χ0) is 19.1. The highest BCUT2D eigenvalue weighted by Gasteiger charge is 2.07. The highest BCUT2D eigenvalue weighted by Crippen LogP contribution is 2.24. The number of halogens is 1. The molecule has 140 valence electrons. The molecule has 0 saturated heterocycles. The monoisotopic (exact) mass is 427 g/mol. The summed E-state index contributed by atoms with van der Waals surface area (Å²) in [4.78, 5) is 12.4. The van der Waals surface area contributed by atoms with Crippen molar-refractivity contribution in [3.63, 3.8) is 0 Å². The first-order valence-corrected chi connectivity index (χ1v) is 9.65. The van der Waals surface area contributed by atoms with Crippen molar-refractivity contribution in [3.8, 4) is 5.75 Å². The number of rotatable bonds is 8. The fraction of sp³-hybridized carbons (Fsp3) is 0.238. The molecular weight excluding hydrogens is 406 g/mol. The van der Waals surface area contributed by atoms with Crippen molar-refractivity contribution in [2.24, 2.45) is 0 Å². The van der Waals surface area contributed by atoms with E-state index in [0.29, 0.717) is 18.7 Å². The highest BCUT2D eigenvalue weighted by atomic mass is 79.9. The Hall–Kier alpha value is -2.60. The van der Waals surface area contributed by atoms with E-state index in [1.165, 1.54) is 0 Å². The first kappa shape index (κ1) is 19.2. The molecule has 0 aliphatic rings. The molecule has 3 aromatic rings. The number of para-hydroxylation sites is 1. The second kappa shape index (κ2) is 9.37. The molecule has 0 radical (unpaired) electrons. The Balaban J connectivity index is 1.49. The Morgan fingerprint density at radius 3 is 2.81 bits per heavy atom. The molecule has 0 aliphatic heterocycles. The minimum absolute atomic E-state index is 0.0741. The number of hydrogen-bond donors (Lipinski definition) is 1. The lowest BCUT2D eigenvalue weighted by Gasteiger charge is -2.10. The van der Waals surface area contributed by atoms with Gasteiger partial charge < -0.3 is 10.1 Å². The summed E-state index contributed by atoms with van der Waals surface area (Å²) in [6, 6.07) is 17.2. The lowest BCUT2D eigenvalue weighted by molar-refractivity contribution is 0.0952. The number of amides is 1. The van der Waals surface area contributed by atoms with Crippen molar-refractivity contribution in [2.75, 3.05) is 6.54 Å². The van der Waals surface area contributed by atoms with E-state index in [4.69, 9.17) is 4.74 Å². The standard InChI is InChI=1S/C21H22BrN3O2/c1-16-10-12-24-25(16)13-5-11-23-21(26)18-7-4-6-17(14-18)15-27-20-9-3-2-8-19(20)22/h2-4,6-10,12,14H,5,11,13,15H2,1H3,(H,23,26). The quantitative estimate of drug-likeness (QED) is 0.543. The summed E-state index contributed by atoms with van der Waals surface area (Å²) >= 11 is 3.47. The van der Waals surface area contributed by atoms with Crippen LogP contribution in [0.4, 0.5) is 0 Å². The molecule has 0 saturated carbocycles. The van der Waals surface area contributed by atoms with E-state index in [1.807, 2.05) is 66.2 Å². The Kier molecular flexibility index (Phi) is 6.65. The number of aromatic nitrogens is 2. The number of hydrogen-bond acceptors (Lipinski definition) is 3. The van der Waals surface area contributed by atoms with Gasteiger partial charge in [0.2, 0.25) is 0 Å². The van der Waals surface area contributed by atoms with Crippen LogP contribution in [-0.2, 0) is 13.2 Å². The van der Waals surface area contributed by atoms with Gasteiger partial charge in [0.05, 0.1) is 4.47 Å². The largest absolute Gasteiger partial charge is 0.488 e. The summed E-state index contributed by atoms with van der Waals surface area (Å²) in [7, 11) is 0. The van der Waals surface area contributed by atoms with E-state index in [-0.39, 0.29) is 5.91 Å². The normalized spacial score (nSPS) is 10.6. The van der Waals surface area contributed by atoms with Crippen LogP contribution in [0.1, 0.15) is 28.0 Å². The van der Waals surface area contributed by atoms with Crippen LogP contribution in [0.2, 0.25) is 0 Å². The molecule has 1 N–H and O–H groups in total. The molecule has 0 bridgehead atoms. The van der Waals surface area contributed by atoms with Crippen LogP contribution in [0.25, 0.3) is 0 Å². The molecule has 6 heteroatoms. The van der Waals surface area contributed by atoms with Crippen LogP contribution in [0.5, 0.6) is 5.75 Å². The van der Waals surface area contributed by atoms with E-state index in [9.17, 15) is 4.79 Å². The molecule has 0 spiro atoms. The van der Waals surface area contributed by atoms with E-state index in [0.717, 1.165) is 34.4 Å². The molecular formula is C21H22BrN3O2. The third kappa shape index (κ3) is 5.44. The molecule has 3 rings (SSSR count). The summed E-state index contributed by atoms with van der Waals surface area (Å²) < 4.78 is 8.67. The van der Waals surface area contributed by atoms with E-state index < -0.39 is 0 Å². The number of ether oxygens (including phenoxy) is 1. The van der Waals surface area contributed by atoms with Gasteiger partial charge in [0.25, 0.3) is 5.91 Å². The van der Waals surface area contributed by atoms with Gasteiger partial charge in [-0.3, -0.25) is 9.48 Å². The fourth-order valence-corrected chi connectivity index (χ4v) is 3.09. The second-order valence-corrected chi connectivity index (χ2v) is 7.08. The van der Waals surface area contributed by atoms with Crippen molar-refractivity contribution < 1.29 is 9.53 Å². The topological polar surface area (TPSA) is 56.2 Å². The summed E-state index contributed by atoms with van der Waals surface area (Å²) in [5.74, 6) is 0.705. The summed E-state index contributed by atoms with van der Waals surface area (Å²) in [6.45, 7) is 3.82. The zero-order valence-corrected chi connectivity index (χ0v) is 16.8. The molecule has 0 atom stereocenters. The van der Waals surface area contributed by atoms with Crippen LogP contribution >= 0.6 is 15.9 Å².